The number of carbonyl (C=O) groups is 3. The van der Waals surface area contributed by atoms with E-state index in [0.29, 0.717) is 12.8 Å². The summed E-state index contributed by atoms with van der Waals surface area (Å²) in [6.45, 7) is 6.93. The molecule has 0 aromatic carbocycles. The molecule has 4 rings (SSSR count). The van der Waals surface area contributed by atoms with Crippen LogP contribution in [0.2, 0.25) is 0 Å². The molecule has 4 aliphatic carbocycles. The zero-order valence-electron chi connectivity index (χ0n) is 19.1. The maximum absolute atomic E-state index is 13.3. The zero-order valence-corrected chi connectivity index (χ0v) is 20.7. The maximum atomic E-state index is 13.3. The number of aliphatic hydroxyl groups is 2. The molecule has 3 unspecified atom stereocenters. The first kappa shape index (κ1) is 23.8. The molecule has 0 amide bonds. The minimum Gasteiger partial charge on any atom is -0.450 e. The van der Waals surface area contributed by atoms with Crippen LogP contribution in [-0.2, 0) is 19.1 Å². The minimum absolute atomic E-state index is 0.000154. The van der Waals surface area contributed by atoms with Gasteiger partial charge in [-0.3, -0.25) is 14.4 Å². The molecule has 3 saturated carbocycles. The molecule has 6 nitrogen and oxygen atoms in total. The Morgan fingerprint density at radius 3 is 2.62 bits per heavy atom. The van der Waals surface area contributed by atoms with Crippen molar-refractivity contribution < 1.29 is 29.3 Å². The number of hydrogen-bond acceptors (Lipinski definition) is 6. The van der Waals surface area contributed by atoms with Crippen LogP contribution in [0.25, 0.3) is 0 Å². The lowest BCUT2D eigenvalue weighted by Crippen LogP contribution is -2.65. The number of Topliss-reactive ketones (excluding diaryl/α,β-unsaturated/α-hetero) is 1. The molecule has 2 N–H and O–H groups in total. The highest BCUT2D eigenvalue weighted by molar-refractivity contribution is 9.09. The Hall–Kier alpha value is -1.31. The number of ketones is 2. The molecule has 0 bridgehead atoms. The Labute approximate surface area is 197 Å². The maximum Gasteiger partial charge on any atom is 0.306 e. The van der Waals surface area contributed by atoms with Gasteiger partial charge in [0.15, 0.2) is 11.4 Å². The van der Waals surface area contributed by atoms with E-state index in [-0.39, 0.29) is 47.1 Å². The number of hydrogen-bond donors (Lipinski definition) is 2. The van der Waals surface area contributed by atoms with E-state index in [1.807, 2.05) is 19.9 Å². The number of allylic oxidation sites excluding steroid dienone is 4. The van der Waals surface area contributed by atoms with Gasteiger partial charge in [0.1, 0.15) is 6.61 Å². The monoisotopic (exact) mass is 508 g/mol. The van der Waals surface area contributed by atoms with Gasteiger partial charge >= 0.3 is 5.97 Å². The Morgan fingerprint density at radius 2 is 2.00 bits per heavy atom. The predicted octanol–water partition coefficient (Wildman–Crippen LogP) is 3.14. The molecule has 176 valence electrons. The summed E-state index contributed by atoms with van der Waals surface area (Å²) in [5.74, 6) is -1.39. The highest BCUT2D eigenvalue weighted by atomic mass is 79.9. The van der Waals surface area contributed by atoms with Crippen LogP contribution in [0.1, 0.15) is 53.4 Å². The van der Waals surface area contributed by atoms with Gasteiger partial charge in [-0.2, -0.15) is 0 Å². The van der Waals surface area contributed by atoms with E-state index in [2.05, 4.69) is 22.9 Å². The summed E-state index contributed by atoms with van der Waals surface area (Å²) in [4.78, 5) is 37.8. The number of esters is 1. The van der Waals surface area contributed by atoms with E-state index in [4.69, 9.17) is 4.74 Å². The fourth-order valence-corrected chi connectivity index (χ4v) is 8.85. The second kappa shape index (κ2) is 7.88. The molecule has 4 aliphatic rings. The lowest BCUT2D eigenvalue weighted by molar-refractivity contribution is -0.204. The summed E-state index contributed by atoms with van der Waals surface area (Å²) < 4.78 is 5.95. The van der Waals surface area contributed by atoms with Gasteiger partial charge in [0.05, 0.1) is 6.10 Å². The van der Waals surface area contributed by atoms with Crippen molar-refractivity contribution in [3.63, 3.8) is 0 Å². The van der Waals surface area contributed by atoms with Crippen LogP contribution in [0.5, 0.6) is 0 Å². The van der Waals surface area contributed by atoms with Gasteiger partial charge in [-0.15, -0.1) is 0 Å². The molecule has 0 heterocycles. The molecule has 0 saturated heterocycles. The molecule has 32 heavy (non-hydrogen) atoms. The van der Waals surface area contributed by atoms with Crippen LogP contribution in [0.15, 0.2) is 23.8 Å². The van der Waals surface area contributed by atoms with Crippen LogP contribution < -0.4 is 0 Å². The molecular formula is C25H33BrO6. The number of carbonyl (C=O) groups excluding carboxylic acids is 3. The van der Waals surface area contributed by atoms with Crippen molar-refractivity contribution in [3.8, 4) is 0 Å². The number of alkyl halides is 1. The largest absolute Gasteiger partial charge is 0.450 e. The third kappa shape index (κ3) is 3.00. The van der Waals surface area contributed by atoms with Crippen LogP contribution in [0.3, 0.4) is 0 Å². The molecular weight excluding hydrogens is 476 g/mol. The van der Waals surface area contributed by atoms with Gasteiger partial charge in [0.2, 0.25) is 5.78 Å². The first-order valence-corrected chi connectivity index (χ1v) is 12.5. The number of fused-ring (bicyclic) bond motifs is 5. The van der Waals surface area contributed by atoms with Crippen LogP contribution in [0, 0.1) is 34.5 Å². The smallest absolute Gasteiger partial charge is 0.306 e. The molecule has 0 aliphatic heterocycles. The van der Waals surface area contributed by atoms with Crippen molar-refractivity contribution in [1.82, 2.24) is 0 Å². The summed E-state index contributed by atoms with van der Waals surface area (Å²) in [5, 5.41) is 21.5. The van der Waals surface area contributed by atoms with Gasteiger partial charge in [0, 0.05) is 33.9 Å². The Kier molecular flexibility index (Phi) is 5.87. The first-order valence-electron chi connectivity index (χ1n) is 11.6. The Balaban J connectivity index is 1.84. The highest BCUT2D eigenvalue weighted by Crippen LogP contribution is 2.69. The predicted molar refractivity (Wildman–Crippen MR) is 122 cm³/mol. The van der Waals surface area contributed by atoms with E-state index in [1.54, 1.807) is 19.1 Å². The Bertz CT molecular complexity index is 910. The molecule has 3 fully saturated rings. The summed E-state index contributed by atoms with van der Waals surface area (Å²) in [6.07, 6.45) is 6.23. The minimum atomic E-state index is -1.46. The zero-order chi connectivity index (χ0) is 23.6. The summed E-state index contributed by atoms with van der Waals surface area (Å²) in [7, 11) is 0. The third-order valence-corrected chi connectivity index (χ3v) is 10.1. The quantitative estimate of drug-likeness (QED) is 0.446. The second-order valence-electron chi connectivity index (χ2n) is 10.6. The van der Waals surface area contributed by atoms with Crippen molar-refractivity contribution in [2.75, 3.05) is 6.61 Å². The lowest BCUT2D eigenvalue weighted by atomic mass is 9.46. The van der Waals surface area contributed by atoms with Gasteiger partial charge in [-0.25, -0.2) is 0 Å². The van der Waals surface area contributed by atoms with E-state index >= 15 is 0 Å². The van der Waals surface area contributed by atoms with E-state index in [9.17, 15) is 24.6 Å². The van der Waals surface area contributed by atoms with Crippen LogP contribution >= 0.6 is 15.9 Å². The summed E-state index contributed by atoms with van der Waals surface area (Å²) in [6, 6.07) is 0. The van der Waals surface area contributed by atoms with E-state index in [0.717, 1.165) is 5.57 Å². The SMILES string of the molecule is CCC(=O)O[C@]1(C(=O)CO)C(C)C[C@H]2[C@@H]3C(Br)CC4=CC(=O)C=C[C@]4(C)[C@H]3C(O)C[C@@]21C. The van der Waals surface area contributed by atoms with Crippen molar-refractivity contribution in [3.05, 3.63) is 23.8 Å². The van der Waals surface area contributed by atoms with Crippen molar-refractivity contribution in [1.29, 1.82) is 0 Å². The summed E-state index contributed by atoms with van der Waals surface area (Å²) in [5.41, 5.74) is -1.70. The lowest BCUT2D eigenvalue weighted by Gasteiger charge is -2.61. The second-order valence-corrected chi connectivity index (χ2v) is 11.8. The topological polar surface area (TPSA) is 101 Å². The van der Waals surface area contributed by atoms with Crippen LogP contribution in [-0.4, -0.2) is 50.9 Å². The molecule has 0 aromatic rings. The van der Waals surface area contributed by atoms with Gasteiger partial charge in [-0.05, 0) is 43.3 Å². The molecule has 9 atom stereocenters. The molecule has 0 aromatic heterocycles. The van der Waals surface area contributed by atoms with Gasteiger partial charge in [-0.1, -0.05) is 55.3 Å². The highest BCUT2D eigenvalue weighted by Gasteiger charge is 2.73. The molecule has 0 spiro atoms. The third-order valence-electron chi connectivity index (χ3n) is 9.14. The summed E-state index contributed by atoms with van der Waals surface area (Å²) >= 11 is 3.87. The van der Waals surface area contributed by atoms with Gasteiger partial charge < -0.3 is 14.9 Å². The number of halogens is 1. The number of aliphatic hydroxyl groups excluding tert-OH is 2. The fraction of sp³-hybridized carbons (Fsp3) is 0.720. The molecule has 0 radical (unpaired) electrons. The number of ether oxygens (including phenoxy) is 1. The van der Waals surface area contributed by atoms with Crippen LogP contribution in [0.4, 0.5) is 0 Å². The van der Waals surface area contributed by atoms with E-state index in [1.165, 1.54) is 0 Å². The van der Waals surface area contributed by atoms with Crippen molar-refractivity contribution in [2.24, 2.45) is 34.5 Å². The normalized spacial score (nSPS) is 47.2. The average molecular weight is 509 g/mol. The molecule has 7 heteroatoms. The Morgan fingerprint density at radius 1 is 1.31 bits per heavy atom. The first-order chi connectivity index (χ1) is 15.0. The van der Waals surface area contributed by atoms with E-state index < -0.39 is 40.9 Å². The van der Waals surface area contributed by atoms with Gasteiger partial charge in [0.25, 0.3) is 0 Å². The van der Waals surface area contributed by atoms with Crippen molar-refractivity contribution >= 4 is 33.5 Å². The number of rotatable bonds is 4. The average Bonchev–Trinajstić information content (AvgIpc) is 2.95. The standard InChI is InChI=1S/C25H33BrO6/c1-5-20(31)32-25(19(30)12-27)13(2)8-16-21-17(26)10-14-9-15(28)6-7-23(14,3)22(21)18(29)11-24(16,25)4/h6-7,9,13,16-18,21-22,27,29H,5,8,10-12H2,1-4H3/t13?,16-,17?,18?,21+,22-,23-,24-,25-/m0/s1. The van der Waals surface area contributed by atoms with Crippen molar-refractivity contribution in [2.45, 2.75) is 69.9 Å². The fourth-order valence-electron chi connectivity index (χ4n) is 7.80.